The number of nitrogens with zero attached hydrogens (tertiary/aromatic N) is 4. The predicted octanol–water partition coefficient (Wildman–Crippen LogP) is 1.86. The Morgan fingerprint density at radius 1 is 1.36 bits per heavy atom. The molecule has 6 heterocycles. The van der Waals surface area contributed by atoms with Crippen molar-refractivity contribution in [1.82, 2.24) is 25.6 Å². The molecule has 2 saturated carbocycles. The zero-order chi connectivity index (χ0) is 25.1. The Hall–Kier alpha value is -2.62. The molecule has 2 amide bonds. The predicted molar refractivity (Wildman–Crippen MR) is 135 cm³/mol. The average Bonchev–Trinajstić information content (AvgIpc) is 3.33. The number of carbonyl (C=O) groups excluding carboxylic acids is 1. The van der Waals surface area contributed by atoms with Gasteiger partial charge in [-0.1, -0.05) is 26.2 Å². The number of aliphatic hydroxyl groups is 1. The highest BCUT2D eigenvalue weighted by molar-refractivity contribution is 6.00. The summed E-state index contributed by atoms with van der Waals surface area (Å²) in [7, 11) is 0. The van der Waals surface area contributed by atoms with Crippen molar-refractivity contribution in [3.63, 3.8) is 0 Å². The Labute approximate surface area is 212 Å². The number of allylic oxidation sites excluding steroid dienone is 2. The van der Waals surface area contributed by atoms with E-state index in [2.05, 4.69) is 54.9 Å². The van der Waals surface area contributed by atoms with Crippen LogP contribution in [-0.2, 0) is 4.74 Å². The molecule has 2 aliphatic carbocycles. The van der Waals surface area contributed by atoms with Crippen LogP contribution in [0.4, 0.5) is 4.79 Å². The SMILES string of the molecule is C=CC(=C)[C@@]1(C)CCN(C2=CN3NC(C45CC(CO)(CO4)C5N4CC5(CC5)NC4=O)N=C3C(C)=C2)C1. The van der Waals surface area contributed by atoms with Crippen LogP contribution in [-0.4, -0.2) is 88.0 Å². The van der Waals surface area contributed by atoms with E-state index in [1.807, 2.05) is 16.0 Å². The summed E-state index contributed by atoms with van der Waals surface area (Å²) >= 11 is 0. The van der Waals surface area contributed by atoms with E-state index >= 15 is 0 Å². The number of aliphatic hydroxyl groups excluding tert-OH is 1. The third kappa shape index (κ3) is 2.82. The minimum atomic E-state index is -0.646. The minimum absolute atomic E-state index is 0.00983. The largest absolute Gasteiger partial charge is 0.396 e. The summed E-state index contributed by atoms with van der Waals surface area (Å²) in [6.07, 6.45) is 9.65. The first-order valence-electron chi connectivity index (χ1n) is 13.1. The van der Waals surface area contributed by atoms with Gasteiger partial charge in [-0.3, -0.25) is 5.01 Å². The maximum atomic E-state index is 13.0. The van der Waals surface area contributed by atoms with Crippen LogP contribution in [0.2, 0.25) is 0 Å². The second kappa shape index (κ2) is 7.02. The van der Waals surface area contributed by atoms with Crippen molar-refractivity contribution in [1.29, 1.82) is 0 Å². The van der Waals surface area contributed by atoms with E-state index in [-0.39, 0.29) is 35.8 Å². The Bertz CT molecular complexity index is 1170. The normalized spacial score (nSPS) is 41.6. The lowest BCUT2D eigenvalue weighted by atomic mass is 9.56. The molecule has 9 nitrogen and oxygen atoms in total. The van der Waals surface area contributed by atoms with Crippen LogP contribution in [0.25, 0.3) is 0 Å². The minimum Gasteiger partial charge on any atom is -0.396 e. The van der Waals surface area contributed by atoms with Crippen molar-refractivity contribution in [2.24, 2.45) is 15.8 Å². The van der Waals surface area contributed by atoms with Crippen LogP contribution >= 0.6 is 0 Å². The summed E-state index contributed by atoms with van der Waals surface area (Å²) in [6, 6.07) is -0.236. The summed E-state index contributed by atoms with van der Waals surface area (Å²) in [6.45, 7) is 15.5. The zero-order valence-corrected chi connectivity index (χ0v) is 21.2. The second-order valence-electron chi connectivity index (χ2n) is 12.4. The summed E-state index contributed by atoms with van der Waals surface area (Å²) < 4.78 is 6.44. The van der Waals surface area contributed by atoms with Crippen molar-refractivity contribution < 1.29 is 14.6 Å². The maximum absolute atomic E-state index is 13.0. The van der Waals surface area contributed by atoms with Gasteiger partial charge in [-0.25, -0.2) is 15.2 Å². The van der Waals surface area contributed by atoms with Crippen LogP contribution in [0.1, 0.15) is 39.5 Å². The highest BCUT2D eigenvalue weighted by Crippen LogP contribution is 2.63. The molecule has 3 N–H and O–H groups in total. The molecule has 4 unspecified atom stereocenters. The molecule has 1 spiro atoms. The molecule has 8 rings (SSSR count). The van der Waals surface area contributed by atoms with E-state index in [4.69, 9.17) is 9.73 Å². The van der Waals surface area contributed by atoms with E-state index in [0.29, 0.717) is 19.6 Å². The standard InChI is InChI=1S/C27H36N6O3/c1-5-18(3)24(4)8-9-31(13-24)19-10-17(2)20-28-22(30-33(20)11-19)27-12-25(15-34,16-36-27)21(27)32-14-26(6-7-26)29-23(32)35/h5,10-11,21-22,30,34H,1,3,6-9,12-16H2,2,4H3,(H,29,35)/t21?,22?,24-,25?,27?/m0/s1. The van der Waals surface area contributed by atoms with E-state index in [0.717, 1.165) is 55.0 Å². The number of rotatable bonds is 6. The summed E-state index contributed by atoms with van der Waals surface area (Å²) in [5, 5.41) is 15.5. The number of hydrogen-bond acceptors (Lipinski definition) is 7. The molecule has 9 heteroatoms. The molecule has 5 atom stereocenters. The molecule has 36 heavy (non-hydrogen) atoms. The third-order valence-corrected chi connectivity index (χ3v) is 9.93. The quantitative estimate of drug-likeness (QED) is 0.491. The van der Waals surface area contributed by atoms with Crippen molar-refractivity contribution in [2.45, 2.75) is 62.9 Å². The number of hydrazine groups is 1. The summed E-state index contributed by atoms with van der Waals surface area (Å²) in [5.74, 6) is 0.885. The highest BCUT2D eigenvalue weighted by atomic mass is 16.5. The van der Waals surface area contributed by atoms with Gasteiger partial charge in [0, 0.05) is 36.7 Å². The molecule has 0 aromatic rings. The molecule has 6 fully saturated rings. The average molecular weight is 493 g/mol. The van der Waals surface area contributed by atoms with Crippen molar-refractivity contribution in [3.8, 4) is 0 Å². The van der Waals surface area contributed by atoms with Gasteiger partial charge in [-0.15, -0.1) is 0 Å². The number of aliphatic imine (C=N–C) groups is 1. The van der Waals surface area contributed by atoms with Gasteiger partial charge in [0.1, 0.15) is 17.6 Å². The number of ether oxygens (including phenoxy) is 1. The number of nitrogens with one attached hydrogen (secondary N) is 2. The lowest BCUT2D eigenvalue weighted by Crippen LogP contribution is -2.74. The maximum Gasteiger partial charge on any atom is 0.318 e. The first-order valence-corrected chi connectivity index (χ1v) is 13.1. The number of hydrogen-bond donors (Lipinski definition) is 3. The van der Waals surface area contributed by atoms with Gasteiger partial charge in [0.2, 0.25) is 0 Å². The number of amides is 2. The molecular weight excluding hydrogens is 456 g/mol. The number of carbonyl (C=O) groups is 1. The summed E-state index contributed by atoms with van der Waals surface area (Å²) in [4.78, 5) is 22.4. The van der Waals surface area contributed by atoms with Gasteiger partial charge in [-0.05, 0) is 49.8 Å². The van der Waals surface area contributed by atoms with E-state index in [1.54, 1.807) is 0 Å². The van der Waals surface area contributed by atoms with Crippen molar-refractivity contribution >= 4 is 11.9 Å². The fourth-order valence-corrected chi connectivity index (χ4v) is 7.49. The number of urea groups is 1. The van der Waals surface area contributed by atoms with Crippen LogP contribution in [0.3, 0.4) is 0 Å². The molecule has 8 aliphatic rings. The van der Waals surface area contributed by atoms with Crippen molar-refractivity contribution in [3.05, 3.63) is 48.4 Å². The van der Waals surface area contributed by atoms with Gasteiger partial charge in [-0.2, -0.15) is 0 Å². The Balaban J connectivity index is 1.14. The molecule has 4 saturated heterocycles. The molecule has 192 valence electrons. The van der Waals surface area contributed by atoms with E-state index in [9.17, 15) is 9.90 Å². The van der Waals surface area contributed by atoms with Crippen LogP contribution in [0.5, 0.6) is 0 Å². The fourth-order valence-electron chi connectivity index (χ4n) is 7.49. The zero-order valence-electron chi connectivity index (χ0n) is 21.2. The molecular formula is C27H36N6O3. The monoisotopic (exact) mass is 492 g/mol. The molecule has 6 aliphatic heterocycles. The Morgan fingerprint density at radius 3 is 2.86 bits per heavy atom. The number of fused-ring (bicyclic) bond motifs is 2. The first kappa shape index (κ1) is 22.6. The lowest BCUT2D eigenvalue weighted by molar-refractivity contribution is -0.125. The van der Waals surface area contributed by atoms with Gasteiger partial charge < -0.3 is 25.0 Å². The van der Waals surface area contributed by atoms with E-state index in [1.165, 1.54) is 0 Å². The van der Waals surface area contributed by atoms with Crippen LogP contribution in [0.15, 0.2) is 53.3 Å². The van der Waals surface area contributed by atoms with Gasteiger partial charge in [0.15, 0.2) is 0 Å². The Kier molecular flexibility index (Phi) is 4.40. The Morgan fingerprint density at radius 2 is 2.17 bits per heavy atom. The van der Waals surface area contributed by atoms with Gasteiger partial charge in [0.05, 0.1) is 30.5 Å². The highest BCUT2D eigenvalue weighted by Gasteiger charge is 2.77. The van der Waals surface area contributed by atoms with Crippen LogP contribution in [0, 0.1) is 10.8 Å². The van der Waals surface area contributed by atoms with Gasteiger partial charge in [0.25, 0.3) is 0 Å². The van der Waals surface area contributed by atoms with E-state index < -0.39 is 11.0 Å². The van der Waals surface area contributed by atoms with Crippen LogP contribution < -0.4 is 10.7 Å². The first-order chi connectivity index (χ1) is 17.2. The molecule has 0 radical (unpaired) electrons. The number of likely N-dealkylation sites (tertiary alicyclic amines) is 1. The molecule has 2 bridgehead atoms. The summed E-state index contributed by atoms with van der Waals surface area (Å²) in [5.41, 5.74) is 5.80. The number of amidine groups is 1. The fraction of sp³-hybridized carbons (Fsp3) is 0.630. The molecule has 0 aromatic heterocycles. The third-order valence-electron chi connectivity index (χ3n) is 9.93. The molecule has 0 aromatic carbocycles. The second-order valence-corrected chi connectivity index (χ2v) is 12.4. The topological polar surface area (TPSA) is 92.7 Å². The van der Waals surface area contributed by atoms with Gasteiger partial charge >= 0.3 is 6.03 Å². The smallest absolute Gasteiger partial charge is 0.318 e. The van der Waals surface area contributed by atoms with Crippen molar-refractivity contribution in [2.75, 3.05) is 32.8 Å². The lowest BCUT2D eigenvalue weighted by Gasteiger charge is -2.56.